The van der Waals surface area contributed by atoms with E-state index in [2.05, 4.69) is 16.8 Å². The first-order chi connectivity index (χ1) is 7.38. The summed E-state index contributed by atoms with van der Waals surface area (Å²) < 4.78 is 0. The number of hydrogen-bond donors (Lipinski definition) is 1. The number of nitrogens with one attached hydrogen (secondary N) is 1. The van der Waals surface area contributed by atoms with Crippen molar-refractivity contribution in [1.29, 1.82) is 0 Å². The maximum Gasteiger partial charge on any atom is 0.0132 e. The van der Waals surface area contributed by atoms with Gasteiger partial charge < -0.3 is 10.2 Å². The van der Waals surface area contributed by atoms with Gasteiger partial charge in [0.15, 0.2) is 0 Å². The summed E-state index contributed by atoms with van der Waals surface area (Å²) in [6.45, 7) is 9.71. The van der Waals surface area contributed by atoms with Crippen molar-refractivity contribution in [1.82, 2.24) is 10.2 Å². The second-order valence-electron chi connectivity index (χ2n) is 5.14. The summed E-state index contributed by atoms with van der Waals surface area (Å²) >= 11 is 0. The Bertz CT molecular complexity index is 181. The SMILES string of the molecule is C=CCNCCN(CC1CC1)CC1CC1. The average molecular weight is 208 g/mol. The van der Waals surface area contributed by atoms with Gasteiger partial charge in [-0.25, -0.2) is 0 Å². The molecule has 2 aliphatic rings. The van der Waals surface area contributed by atoms with Crippen molar-refractivity contribution in [2.75, 3.05) is 32.7 Å². The molecule has 2 aliphatic carbocycles. The molecule has 0 aliphatic heterocycles. The molecule has 0 aromatic rings. The summed E-state index contributed by atoms with van der Waals surface area (Å²) in [5.74, 6) is 2.06. The van der Waals surface area contributed by atoms with Gasteiger partial charge in [-0.1, -0.05) is 6.08 Å². The van der Waals surface area contributed by atoms with Crippen LogP contribution in [0, 0.1) is 11.8 Å². The van der Waals surface area contributed by atoms with Crippen molar-refractivity contribution in [2.24, 2.45) is 11.8 Å². The Hall–Kier alpha value is -0.340. The molecule has 0 heterocycles. The van der Waals surface area contributed by atoms with Crippen molar-refractivity contribution >= 4 is 0 Å². The lowest BCUT2D eigenvalue weighted by molar-refractivity contribution is 0.253. The van der Waals surface area contributed by atoms with E-state index in [4.69, 9.17) is 0 Å². The summed E-state index contributed by atoms with van der Waals surface area (Å²) in [5.41, 5.74) is 0. The molecule has 0 spiro atoms. The minimum atomic E-state index is 0.945. The van der Waals surface area contributed by atoms with Crippen LogP contribution in [0.25, 0.3) is 0 Å². The van der Waals surface area contributed by atoms with Crippen molar-refractivity contribution in [3.8, 4) is 0 Å². The quantitative estimate of drug-likeness (QED) is 0.460. The van der Waals surface area contributed by atoms with Gasteiger partial charge in [0.05, 0.1) is 0 Å². The highest BCUT2D eigenvalue weighted by Gasteiger charge is 2.28. The van der Waals surface area contributed by atoms with E-state index in [0.29, 0.717) is 0 Å². The van der Waals surface area contributed by atoms with Gasteiger partial charge in [-0.3, -0.25) is 0 Å². The van der Waals surface area contributed by atoms with E-state index in [-0.39, 0.29) is 0 Å². The van der Waals surface area contributed by atoms with E-state index in [1.807, 2.05) is 6.08 Å². The molecule has 2 heteroatoms. The van der Waals surface area contributed by atoms with Crippen LogP contribution in [0.5, 0.6) is 0 Å². The normalized spacial score (nSPS) is 20.9. The minimum Gasteiger partial charge on any atom is -0.312 e. The molecular weight excluding hydrogens is 184 g/mol. The Morgan fingerprint density at radius 3 is 2.20 bits per heavy atom. The highest BCUT2D eigenvalue weighted by molar-refractivity contribution is 4.82. The zero-order chi connectivity index (χ0) is 10.5. The molecule has 2 rings (SSSR count). The van der Waals surface area contributed by atoms with Crippen LogP contribution in [0.3, 0.4) is 0 Å². The predicted molar refractivity (Wildman–Crippen MR) is 65.0 cm³/mol. The van der Waals surface area contributed by atoms with Gasteiger partial charge in [-0.2, -0.15) is 0 Å². The van der Waals surface area contributed by atoms with E-state index in [9.17, 15) is 0 Å². The molecule has 0 bridgehead atoms. The van der Waals surface area contributed by atoms with Gasteiger partial charge in [0, 0.05) is 32.7 Å². The Balaban J connectivity index is 1.59. The van der Waals surface area contributed by atoms with Crippen LogP contribution >= 0.6 is 0 Å². The molecule has 0 saturated heterocycles. The molecule has 2 saturated carbocycles. The molecule has 0 aromatic heterocycles. The summed E-state index contributed by atoms with van der Waals surface area (Å²) in [6.07, 6.45) is 7.83. The molecule has 86 valence electrons. The topological polar surface area (TPSA) is 15.3 Å². The molecule has 1 N–H and O–H groups in total. The molecule has 0 atom stereocenters. The predicted octanol–water partition coefficient (Wildman–Crippen LogP) is 1.88. The zero-order valence-corrected chi connectivity index (χ0v) is 9.75. The van der Waals surface area contributed by atoms with Crippen LogP contribution < -0.4 is 5.32 Å². The zero-order valence-electron chi connectivity index (χ0n) is 9.75. The van der Waals surface area contributed by atoms with Crippen LogP contribution in [0.15, 0.2) is 12.7 Å². The molecule has 0 amide bonds. The fraction of sp³-hybridized carbons (Fsp3) is 0.846. The second kappa shape index (κ2) is 5.66. The third-order valence-corrected chi connectivity index (χ3v) is 3.32. The van der Waals surface area contributed by atoms with Crippen molar-refractivity contribution < 1.29 is 0 Å². The maximum absolute atomic E-state index is 3.72. The Morgan fingerprint density at radius 1 is 1.13 bits per heavy atom. The number of hydrogen-bond acceptors (Lipinski definition) is 2. The van der Waals surface area contributed by atoms with E-state index in [1.54, 1.807) is 0 Å². The van der Waals surface area contributed by atoms with Crippen LogP contribution in [0.4, 0.5) is 0 Å². The molecule has 15 heavy (non-hydrogen) atoms. The van der Waals surface area contributed by atoms with E-state index in [0.717, 1.165) is 24.9 Å². The summed E-state index contributed by atoms with van der Waals surface area (Å²) in [5, 5.41) is 3.39. The van der Waals surface area contributed by atoms with E-state index >= 15 is 0 Å². The molecular formula is C13H24N2. The average Bonchev–Trinajstić information content (AvgIpc) is 3.07. The third-order valence-electron chi connectivity index (χ3n) is 3.32. The molecule has 0 aromatic carbocycles. The first-order valence-electron chi connectivity index (χ1n) is 6.42. The maximum atomic E-state index is 3.72. The standard InChI is InChI=1S/C13H24N2/c1-2-7-14-8-9-15(10-12-3-4-12)11-13-5-6-13/h2,12-14H,1,3-11H2. The molecule has 0 radical (unpaired) electrons. The largest absolute Gasteiger partial charge is 0.312 e. The summed E-state index contributed by atoms with van der Waals surface area (Å²) in [7, 11) is 0. The highest BCUT2D eigenvalue weighted by atomic mass is 15.1. The van der Waals surface area contributed by atoms with Gasteiger partial charge in [0.25, 0.3) is 0 Å². The lowest BCUT2D eigenvalue weighted by Gasteiger charge is -2.22. The Kier molecular flexibility index (Phi) is 4.21. The summed E-state index contributed by atoms with van der Waals surface area (Å²) in [4.78, 5) is 2.67. The third kappa shape index (κ3) is 4.80. The first-order valence-corrected chi connectivity index (χ1v) is 6.42. The van der Waals surface area contributed by atoms with Crippen LogP contribution in [-0.2, 0) is 0 Å². The van der Waals surface area contributed by atoms with Crippen molar-refractivity contribution in [3.63, 3.8) is 0 Å². The van der Waals surface area contributed by atoms with Crippen LogP contribution in [0.2, 0.25) is 0 Å². The highest BCUT2D eigenvalue weighted by Crippen LogP contribution is 2.33. The van der Waals surface area contributed by atoms with Gasteiger partial charge in [-0.15, -0.1) is 6.58 Å². The monoisotopic (exact) mass is 208 g/mol. The minimum absolute atomic E-state index is 0.945. The second-order valence-corrected chi connectivity index (χ2v) is 5.14. The molecule has 0 unspecified atom stereocenters. The fourth-order valence-corrected chi connectivity index (χ4v) is 2.03. The number of nitrogens with zero attached hydrogens (tertiary/aromatic N) is 1. The summed E-state index contributed by atoms with van der Waals surface area (Å²) in [6, 6.07) is 0. The molecule has 2 nitrogen and oxygen atoms in total. The van der Waals surface area contributed by atoms with Crippen molar-refractivity contribution in [2.45, 2.75) is 25.7 Å². The van der Waals surface area contributed by atoms with E-state index in [1.165, 1.54) is 45.3 Å². The fourth-order valence-electron chi connectivity index (χ4n) is 2.03. The van der Waals surface area contributed by atoms with Gasteiger partial charge >= 0.3 is 0 Å². The van der Waals surface area contributed by atoms with Gasteiger partial charge in [-0.05, 0) is 37.5 Å². The van der Waals surface area contributed by atoms with Gasteiger partial charge in [0.1, 0.15) is 0 Å². The Morgan fingerprint density at radius 2 is 1.73 bits per heavy atom. The van der Waals surface area contributed by atoms with E-state index < -0.39 is 0 Å². The first kappa shape index (κ1) is 11.2. The van der Waals surface area contributed by atoms with Gasteiger partial charge in [0.2, 0.25) is 0 Å². The smallest absolute Gasteiger partial charge is 0.0132 e. The number of rotatable bonds is 9. The Labute approximate surface area is 93.7 Å². The van der Waals surface area contributed by atoms with Crippen molar-refractivity contribution in [3.05, 3.63) is 12.7 Å². The molecule has 2 fully saturated rings. The lowest BCUT2D eigenvalue weighted by Crippen LogP contribution is -2.35. The van der Waals surface area contributed by atoms with Crippen LogP contribution in [-0.4, -0.2) is 37.6 Å². The lowest BCUT2D eigenvalue weighted by atomic mass is 10.3. The van der Waals surface area contributed by atoms with Crippen LogP contribution in [0.1, 0.15) is 25.7 Å².